The molecule has 0 rings (SSSR count). The highest BCUT2D eigenvalue weighted by Gasteiger charge is 2.33. The van der Waals surface area contributed by atoms with Gasteiger partial charge in [-0.3, -0.25) is 14.4 Å². The van der Waals surface area contributed by atoms with Gasteiger partial charge in [0, 0.05) is 0 Å². The second-order valence-electron chi connectivity index (χ2n) is 7.57. The highest BCUT2D eigenvalue weighted by molar-refractivity contribution is 7.98. The first-order valence-corrected chi connectivity index (χ1v) is 11.2. The third-order valence-electron chi connectivity index (χ3n) is 4.68. The summed E-state index contributed by atoms with van der Waals surface area (Å²) in [7, 11) is 0. The normalized spacial score (nSPS) is 16.3. The molecule has 0 aliphatic rings. The summed E-state index contributed by atoms with van der Waals surface area (Å²) >= 11 is 1.48. The van der Waals surface area contributed by atoms with Gasteiger partial charge in [-0.05, 0) is 37.2 Å². The van der Waals surface area contributed by atoms with Gasteiger partial charge in [-0.1, -0.05) is 34.1 Å². The monoisotopic (exact) mass is 432 g/mol. The van der Waals surface area contributed by atoms with Crippen LogP contribution in [-0.2, 0) is 19.2 Å². The Kier molecular flexibility index (Phi) is 12.6. The number of amides is 3. The van der Waals surface area contributed by atoms with Crippen LogP contribution >= 0.6 is 11.8 Å². The highest BCUT2D eigenvalue weighted by atomic mass is 32.2. The van der Waals surface area contributed by atoms with E-state index in [-0.39, 0.29) is 18.3 Å². The molecular formula is C19H36N4O5S. The van der Waals surface area contributed by atoms with Crippen molar-refractivity contribution in [1.82, 2.24) is 16.0 Å². The summed E-state index contributed by atoms with van der Waals surface area (Å²) in [5, 5.41) is 17.2. The number of nitrogens with one attached hydrogen (secondary N) is 3. The molecule has 0 saturated carbocycles. The smallest absolute Gasteiger partial charge is 0.326 e. The summed E-state index contributed by atoms with van der Waals surface area (Å²) < 4.78 is 0. The van der Waals surface area contributed by atoms with Gasteiger partial charge in [0.2, 0.25) is 17.7 Å². The average molecular weight is 433 g/mol. The van der Waals surface area contributed by atoms with E-state index in [1.807, 2.05) is 13.2 Å². The fourth-order valence-corrected chi connectivity index (χ4v) is 2.99. The van der Waals surface area contributed by atoms with Crippen molar-refractivity contribution in [3.63, 3.8) is 0 Å². The molecule has 0 fully saturated rings. The standard InChI is InChI=1S/C19H36N4O5S/c1-7-11(4)15(18(26)21-13(19(27)28)8-9-29-6)23-17(25)14(10(2)3)22-16(24)12(5)20/h10-15H,7-9,20H2,1-6H3,(H,21,26)(H,22,24)(H,23,25)(H,27,28). The molecule has 0 heterocycles. The van der Waals surface area contributed by atoms with Gasteiger partial charge in [0.25, 0.3) is 0 Å². The quantitative estimate of drug-likeness (QED) is 0.281. The van der Waals surface area contributed by atoms with Crippen LogP contribution in [-0.4, -0.2) is 65.0 Å². The second-order valence-corrected chi connectivity index (χ2v) is 8.56. The van der Waals surface area contributed by atoms with E-state index < -0.39 is 47.9 Å². The van der Waals surface area contributed by atoms with Crippen molar-refractivity contribution in [1.29, 1.82) is 0 Å². The first-order valence-electron chi connectivity index (χ1n) is 9.84. The number of nitrogens with two attached hydrogens (primary N) is 1. The van der Waals surface area contributed by atoms with Gasteiger partial charge in [-0.2, -0.15) is 11.8 Å². The van der Waals surface area contributed by atoms with Crippen molar-refractivity contribution < 1.29 is 24.3 Å². The zero-order valence-corrected chi connectivity index (χ0v) is 19.0. The third-order valence-corrected chi connectivity index (χ3v) is 5.32. The van der Waals surface area contributed by atoms with Crippen LogP contribution in [0, 0.1) is 11.8 Å². The van der Waals surface area contributed by atoms with Gasteiger partial charge < -0.3 is 26.8 Å². The number of thioether (sulfide) groups is 1. The molecule has 168 valence electrons. The fourth-order valence-electron chi connectivity index (χ4n) is 2.52. The molecule has 0 aliphatic heterocycles. The molecule has 5 atom stereocenters. The number of carbonyl (C=O) groups is 4. The predicted octanol–water partition coefficient (Wildman–Crippen LogP) is 0.328. The van der Waals surface area contributed by atoms with Crippen LogP contribution in [0.1, 0.15) is 47.5 Å². The van der Waals surface area contributed by atoms with Crippen LogP contribution in [0.3, 0.4) is 0 Å². The minimum Gasteiger partial charge on any atom is -0.480 e. The Morgan fingerprint density at radius 1 is 0.931 bits per heavy atom. The van der Waals surface area contributed by atoms with Gasteiger partial charge in [0.15, 0.2) is 0 Å². The second kappa shape index (κ2) is 13.4. The van der Waals surface area contributed by atoms with Gasteiger partial charge in [-0.25, -0.2) is 4.79 Å². The summed E-state index contributed by atoms with van der Waals surface area (Å²) in [5.41, 5.74) is 5.56. The first-order chi connectivity index (χ1) is 13.5. The highest BCUT2D eigenvalue weighted by Crippen LogP contribution is 2.11. The maximum absolute atomic E-state index is 12.8. The molecule has 0 saturated heterocycles. The van der Waals surface area contributed by atoms with Crippen LogP contribution in [0.2, 0.25) is 0 Å². The summed E-state index contributed by atoms with van der Waals surface area (Å²) in [6.45, 7) is 8.73. The van der Waals surface area contributed by atoms with Crippen LogP contribution in [0.25, 0.3) is 0 Å². The minimum absolute atomic E-state index is 0.230. The van der Waals surface area contributed by atoms with Crippen LogP contribution < -0.4 is 21.7 Å². The van der Waals surface area contributed by atoms with Crippen molar-refractivity contribution in [3.05, 3.63) is 0 Å². The number of carbonyl (C=O) groups excluding carboxylic acids is 3. The lowest BCUT2D eigenvalue weighted by Gasteiger charge is -2.29. The van der Waals surface area contributed by atoms with Crippen molar-refractivity contribution in [2.75, 3.05) is 12.0 Å². The molecule has 0 aromatic heterocycles. The van der Waals surface area contributed by atoms with E-state index in [9.17, 15) is 24.3 Å². The summed E-state index contributed by atoms with van der Waals surface area (Å²) in [6, 6.07) is -3.58. The largest absolute Gasteiger partial charge is 0.480 e. The summed E-state index contributed by atoms with van der Waals surface area (Å²) in [5.74, 6) is -2.53. The molecule has 9 nitrogen and oxygen atoms in total. The first kappa shape index (κ1) is 27.2. The lowest BCUT2D eigenvalue weighted by molar-refractivity contribution is -0.142. The molecule has 29 heavy (non-hydrogen) atoms. The molecule has 0 bridgehead atoms. The van der Waals surface area contributed by atoms with Crippen LogP contribution in [0.5, 0.6) is 0 Å². The Morgan fingerprint density at radius 2 is 1.45 bits per heavy atom. The fraction of sp³-hybridized carbons (Fsp3) is 0.789. The topological polar surface area (TPSA) is 151 Å². The summed E-state index contributed by atoms with van der Waals surface area (Å²) in [6.07, 6.45) is 2.73. The van der Waals surface area contributed by atoms with Crippen molar-refractivity contribution >= 4 is 35.5 Å². The van der Waals surface area contributed by atoms with Gasteiger partial charge in [-0.15, -0.1) is 0 Å². The molecule has 0 spiro atoms. The zero-order chi connectivity index (χ0) is 22.7. The molecule has 0 aromatic rings. The van der Waals surface area contributed by atoms with Crippen LogP contribution in [0.4, 0.5) is 0 Å². The van der Waals surface area contributed by atoms with Gasteiger partial charge >= 0.3 is 5.97 Å². The zero-order valence-electron chi connectivity index (χ0n) is 18.2. The lowest BCUT2D eigenvalue weighted by atomic mass is 9.96. The van der Waals surface area contributed by atoms with Gasteiger partial charge in [0.05, 0.1) is 6.04 Å². The van der Waals surface area contributed by atoms with E-state index in [4.69, 9.17) is 5.73 Å². The summed E-state index contributed by atoms with van der Waals surface area (Å²) in [4.78, 5) is 48.9. The third kappa shape index (κ3) is 9.49. The Labute approximate surface area is 177 Å². The number of hydrogen-bond donors (Lipinski definition) is 5. The Morgan fingerprint density at radius 3 is 1.86 bits per heavy atom. The number of rotatable bonds is 13. The Bertz CT molecular complexity index is 571. The van der Waals surface area contributed by atoms with E-state index in [1.54, 1.807) is 20.8 Å². The molecular weight excluding hydrogens is 396 g/mol. The van der Waals surface area contributed by atoms with Crippen LogP contribution in [0.15, 0.2) is 0 Å². The van der Waals surface area contributed by atoms with Gasteiger partial charge in [0.1, 0.15) is 18.1 Å². The molecule has 5 unspecified atom stereocenters. The van der Waals surface area contributed by atoms with E-state index in [0.29, 0.717) is 12.2 Å². The van der Waals surface area contributed by atoms with Crippen molar-refractivity contribution in [2.24, 2.45) is 17.6 Å². The minimum atomic E-state index is -1.12. The van der Waals surface area contributed by atoms with E-state index in [1.165, 1.54) is 18.7 Å². The molecule has 0 aromatic carbocycles. The maximum atomic E-state index is 12.8. The Balaban J connectivity index is 5.39. The number of aliphatic carboxylic acids is 1. The SMILES string of the molecule is CCC(C)C(NC(=O)C(NC(=O)C(C)N)C(C)C)C(=O)NC(CCSC)C(=O)O. The van der Waals surface area contributed by atoms with Crippen molar-refractivity contribution in [2.45, 2.75) is 71.6 Å². The predicted molar refractivity (Wildman–Crippen MR) is 114 cm³/mol. The molecule has 6 N–H and O–H groups in total. The van der Waals surface area contributed by atoms with E-state index in [0.717, 1.165) is 0 Å². The number of carboxylic acid groups (broad SMARTS) is 1. The number of carboxylic acids is 1. The average Bonchev–Trinajstić information content (AvgIpc) is 2.65. The number of hydrogen-bond acceptors (Lipinski definition) is 6. The van der Waals surface area contributed by atoms with E-state index in [2.05, 4.69) is 16.0 Å². The van der Waals surface area contributed by atoms with E-state index >= 15 is 0 Å². The molecule has 0 aliphatic carbocycles. The molecule has 3 amide bonds. The van der Waals surface area contributed by atoms with Crippen molar-refractivity contribution in [3.8, 4) is 0 Å². The lowest BCUT2D eigenvalue weighted by Crippen LogP contribution is -2.59. The Hall–Kier alpha value is -1.81. The molecule has 10 heteroatoms. The molecule has 0 radical (unpaired) electrons. The maximum Gasteiger partial charge on any atom is 0.326 e.